The SMILES string of the molecule is Cc1nc(-c2ccc3ncccc3c2)c2c(n1)[C@@]1(c3ccccc3)C=C(C#N)C(=O)[C@@H](C)[C@@H]1CC2. The maximum Gasteiger partial charge on any atom is 0.176 e. The highest BCUT2D eigenvalue weighted by atomic mass is 16.1. The molecule has 0 unspecified atom stereocenters. The van der Waals surface area contributed by atoms with E-state index in [0.717, 1.165) is 51.8 Å². The molecule has 0 radical (unpaired) electrons. The molecular formula is C30H24N4O. The average Bonchev–Trinajstić information content (AvgIpc) is 2.90. The third-order valence-electron chi connectivity index (χ3n) is 7.70. The monoisotopic (exact) mass is 456 g/mol. The van der Waals surface area contributed by atoms with Gasteiger partial charge in [-0.25, -0.2) is 9.97 Å². The summed E-state index contributed by atoms with van der Waals surface area (Å²) in [7, 11) is 0. The van der Waals surface area contributed by atoms with E-state index in [1.165, 1.54) is 0 Å². The minimum absolute atomic E-state index is 0.0185. The van der Waals surface area contributed by atoms with E-state index < -0.39 is 5.41 Å². The van der Waals surface area contributed by atoms with E-state index in [1.807, 2.05) is 50.3 Å². The van der Waals surface area contributed by atoms with Gasteiger partial charge in [-0.3, -0.25) is 9.78 Å². The molecule has 0 saturated heterocycles. The molecule has 2 aromatic heterocycles. The summed E-state index contributed by atoms with van der Waals surface area (Å²) in [5.74, 6) is 0.358. The summed E-state index contributed by atoms with van der Waals surface area (Å²) in [5.41, 5.74) is 5.52. The summed E-state index contributed by atoms with van der Waals surface area (Å²) in [4.78, 5) is 27.5. The molecular weight excluding hydrogens is 432 g/mol. The molecule has 0 aliphatic heterocycles. The van der Waals surface area contributed by atoms with Crippen molar-refractivity contribution < 1.29 is 4.79 Å². The number of carbonyl (C=O) groups is 1. The van der Waals surface area contributed by atoms with Crippen molar-refractivity contribution in [2.24, 2.45) is 11.8 Å². The summed E-state index contributed by atoms with van der Waals surface area (Å²) in [6.07, 6.45) is 5.29. The van der Waals surface area contributed by atoms with Gasteiger partial charge in [-0.1, -0.05) is 49.4 Å². The van der Waals surface area contributed by atoms with Crippen LogP contribution in [-0.2, 0) is 16.6 Å². The predicted molar refractivity (Wildman–Crippen MR) is 134 cm³/mol. The van der Waals surface area contributed by atoms with Crippen molar-refractivity contribution in [3.8, 4) is 17.3 Å². The van der Waals surface area contributed by atoms with Crippen LogP contribution in [0.1, 0.15) is 36.0 Å². The van der Waals surface area contributed by atoms with Gasteiger partial charge in [0.2, 0.25) is 0 Å². The Labute approximate surface area is 204 Å². The number of benzene rings is 2. The van der Waals surface area contributed by atoms with Crippen molar-refractivity contribution >= 4 is 16.7 Å². The van der Waals surface area contributed by atoms with Crippen LogP contribution in [0.5, 0.6) is 0 Å². The van der Waals surface area contributed by atoms with Gasteiger partial charge < -0.3 is 0 Å². The topological polar surface area (TPSA) is 79.5 Å². The zero-order valence-electron chi connectivity index (χ0n) is 19.7. The van der Waals surface area contributed by atoms with Gasteiger partial charge in [-0.05, 0) is 55.5 Å². The van der Waals surface area contributed by atoms with Crippen LogP contribution in [0.2, 0.25) is 0 Å². The van der Waals surface area contributed by atoms with E-state index in [4.69, 9.17) is 9.97 Å². The fourth-order valence-corrected chi connectivity index (χ4v) is 6.12. The molecule has 0 bridgehead atoms. The van der Waals surface area contributed by atoms with E-state index >= 15 is 0 Å². The van der Waals surface area contributed by atoms with Gasteiger partial charge in [0.15, 0.2) is 5.78 Å². The molecule has 5 heteroatoms. The van der Waals surface area contributed by atoms with Crippen LogP contribution in [0.3, 0.4) is 0 Å². The first kappa shape index (κ1) is 21.4. The van der Waals surface area contributed by atoms with Crippen molar-refractivity contribution in [1.82, 2.24) is 15.0 Å². The van der Waals surface area contributed by atoms with Crippen LogP contribution in [0.25, 0.3) is 22.2 Å². The number of rotatable bonds is 2. The fraction of sp³-hybridized carbons (Fsp3) is 0.233. The number of ketones is 1. The van der Waals surface area contributed by atoms with Crippen molar-refractivity contribution in [3.63, 3.8) is 0 Å². The number of fused-ring (bicyclic) bond motifs is 4. The normalized spacial score (nSPS) is 23.2. The van der Waals surface area contributed by atoms with Crippen LogP contribution in [0.15, 0.2) is 78.5 Å². The molecule has 35 heavy (non-hydrogen) atoms. The largest absolute Gasteiger partial charge is 0.293 e. The van der Waals surface area contributed by atoms with Gasteiger partial charge >= 0.3 is 0 Å². The van der Waals surface area contributed by atoms with Gasteiger partial charge in [0.25, 0.3) is 0 Å². The Bertz CT molecular complexity index is 1570. The number of hydrogen-bond donors (Lipinski definition) is 0. The van der Waals surface area contributed by atoms with Crippen LogP contribution < -0.4 is 0 Å². The molecule has 2 aromatic carbocycles. The Morgan fingerprint density at radius 2 is 1.89 bits per heavy atom. The van der Waals surface area contributed by atoms with Crippen molar-refractivity contribution in [3.05, 3.63) is 101 Å². The van der Waals surface area contributed by atoms with Crippen LogP contribution in [0.4, 0.5) is 0 Å². The van der Waals surface area contributed by atoms with E-state index in [9.17, 15) is 10.1 Å². The van der Waals surface area contributed by atoms with Crippen molar-refractivity contribution in [2.75, 3.05) is 0 Å². The van der Waals surface area contributed by atoms with Gasteiger partial charge in [0.1, 0.15) is 11.9 Å². The third-order valence-corrected chi connectivity index (χ3v) is 7.70. The lowest BCUT2D eigenvalue weighted by Gasteiger charge is -2.48. The number of aryl methyl sites for hydroxylation is 1. The molecule has 2 aliphatic carbocycles. The second kappa shape index (κ2) is 7.95. The second-order valence-electron chi connectivity index (χ2n) is 9.56. The predicted octanol–water partition coefficient (Wildman–Crippen LogP) is 5.52. The number of carbonyl (C=O) groups excluding carboxylic acids is 1. The summed E-state index contributed by atoms with van der Waals surface area (Å²) >= 11 is 0. The molecule has 3 atom stereocenters. The lowest BCUT2D eigenvalue weighted by Crippen LogP contribution is -2.48. The maximum atomic E-state index is 13.0. The fourth-order valence-electron chi connectivity index (χ4n) is 6.12. The molecule has 2 aliphatic rings. The highest BCUT2D eigenvalue weighted by Crippen LogP contribution is 2.54. The highest BCUT2D eigenvalue weighted by Gasteiger charge is 2.53. The molecule has 0 N–H and O–H groups in total. The summed E-state index contributed by atoms with van der Waals surface area (Å²) < 4.78 is 0. The number of hydrogen-bond acceptors (Lipinski definition) is 5. The Morgan fingerprint density at radius 3 is 2.69 bits per heavy atom. The van der Waals surface area contributed by atoms with E-state index in [2.05, 4.69) is 41.4 Å². The Balaban J connectivity index is 1.67. The lowest BCUT2D eigenvalue weighted by molar-refractivity contribution is -0.121. The minimum atomic E-state index is -0.659. The second-order valence-corrected chi connectivity index (χ2v) is 9.56. The first-order chi connectivity index (χ1) is 17.0. The zero-order chi connectivity index (χ0) is 24.2. The first-order valence-electron chi connectivity index (χ1n) is 12.0. The summed E-state index contributed by atoms with van der Waals surface area (Å²) in [5, 5.41) is 10.9. The standard InChI is InChI=1S/C30H24N4O/c1-18-25-12-11-24-27(21-10-13-26-20(15-21)7-6-14-32-26)33-19(2)34-29(24)30(25,16-22(17-31)28(18)35)23-8-4-3-5-9-23/h3-10,13-16,18,25H,11-12H2,1-2H3/t18-,25-,30+/m0/s1. The summed E-state index contributed by atoms with van der Waals surface area (Å²) in [6.45, 7) is 3.88. The van der Waals surface area contributed by atoms with Crippen LogP contribution >= 0.6 is 0 Å². The molecule has 5 nitrogen and oxygen atoms in total. The van der Waals surface area contributed by atoms with Crippen LogP contribution in [0, 0.1) is 30.1 Å². The Kier molecular flexibility index (Phi) is 4.86. The molecule has 170 valence electrons. The van der Waals surface area contributed by atoms with Crippen molar-refractivity contribution in [1.29, 1.82) is 5.26 Å². The number of Topliss-reactive ketones (excluding diaryl/α,β-unsaturated/α-hetero) is 1. The highest BCUT2D eigenvalue weighted by molar-refractivity contribution is 6.02. The van der Waals surface area contributed by atoms with Gasteiger partial charge in [0, 0.05) is 28.6 Å². The molecule has 4 aromatic rings. The van der Waals surface area contributed by atoms with Crippen molar-refractivity contribution in [2.45, 2.75) is 32.1 Å². The molecule has 0 spiro atoms. The smallest absolute Gasteiger partial charge is 0.176 e. The third kappa shape index (κ3) is 3.14. The Morgan fingerprint density at radius 1 is 1.06 bits per heavy atom. The number of aromatic nitrogens is 3. The number of nitrogens with zero attached hydrogens (tertiary/aromatic N) is 4. The quantitative estimate of drug-likeness (QED) is 0.397. The van der Waals surface area contributed by atoms with E-state index in [0.29, 0.717) is 5.82 Å². The summed E-state index contributed by atoms with van der Waals surface area (Å²) in [6, 6.07) is 22.6. The molecule has 2 heterocycles. The average molecular weight is 457 g/mol. The number of nitriles is 1. The lowest BCUT2D eigenvalue weighted by atomic mass is 9.54. The van der Waals surface area contributed by atoms with E-state index in [1.54, 1.807) is 6.20 Å². The number of allylic oxidation sites excluding steroid dienone is 2. The molecule has 0 fully saturated rings. The number of pyridine rings is 1. The van der Waals surface area contributed by atoms with Gasteiger partial charge in [0.05, 0.1) is 27.9 Å². The molecule has 6 rings (SSSR count). The van der Waals surface area contributed by atoms with E-state index in [-0.39, 0.29) is 23.2 Å². The van der Waals surface area contributed by atoms with Gasteiger partial charge in [-0.15, -0.1) is 0 Å². The molecule has 0 amide bonds. The Hall–Kier alpha value is -4.17. The van der Waals surface area contributed by atoms with Crippen LogP contribution in [-0.4, -0.2) is 20.7 Å². The molecule has 0 saturated carbocycles. The maximum absolute atomic E-state index is 13.0. The van der Waals surface area contributed by atoms with Gasteiger partial charge in [-0.2, -0.15) is 5.26 Å². The minimum Gasteiger partial charge on any atom is -0.293 e. The first-order valence-corrected chi connectivity index (χ1v) is 12.0. The zero-order valence-corrected chi connectivity index (χ0v) is 19.7.